The molecule has 0 fully saturated rings. The van der Waals surface area contributed by atoms with Crippen LogP contribution in [0.1, 0.15) is 2.85 Å². The summed E-state index contributed by atoms with van der Waals surface area (Å²) in [6.45, 7) is 0. The summed E-state index contributed by atoms with van der Waals surface area (Å²) in [5, 5.41) is 5.14. The second-order valence-corrected chi connectivity index (χ2v) is 4.51. The first-order chi connectivity index (χ1) is 7.34. The maximum atomic E-state index is 3.58. The largest absolute Gasteiger partial charge is 2.00 e. The Morgan fingerprint density at radius 2 is 1.35 bits per heavy atom. The van der Waals surface area contributed by atoms with E-state index in [1.54, 1.807) is 0 Å². The Labute approximate surface area is 127 Å². The molecule has 0 unspecified atom stereocenters. The first-order valence-corrected chi connectivity index (χ1v) is 5.71. The van der Waals surface area contributed by atoms with Gasteiger partial charge in [0.15, 0.2) is 0 Å². The molecular weight excluding hydrogens is 291 g/mol. The van der Waals surface area contributed by atoms with Crippen LogP contribution in [0.5, 0.6) is 0 Å². The topological polar surface area (TPSA) is 0 Å². The minimum Gasteiger partial charge on any atom is -1.00 e. The molecule has 3 aromatic rings. The van der Waals surface area contributed by atoms with E-state index in [9.17, 15) is 0 Å². The van der Waals surface area contributed by atoms with Crippen molar-refractivity contribution in [2.24, 2.45) is 0 Å². The Kier molecular flexibility index (Phi) is 4.92. The third kappa shape index (κ3) is 2.62. The van der Waals surface area contributed by atoms with Crippen LogP contribution in [-0.2, 0) is 0 Å². The molecule has 0 spiro atoms. The Bertz CT molecular complexity index is 661. The van der Waals surface area contributed by atoms with Gasteiger partial charge in [-0.05, 0) is 39.7 Å². The fourth-order valence-electron chi connectivity index (χ4n) is 1.93. The fourth-order valence-corrected chi connectivity index (χ4v) is 2.42. The predicted octanol–water partition coefficient (Wildman–Crippen LogP) is 4.75. The summed E-state index contributed by atoms with van der Waals surface area (Å²) >= 11 is 3.58. The number of benzene rings is 3. The molecule has 3 rings (SSSR count). The molecule has 0 atom stereocenters. The van der Waals surface area contributed by atoms with Crippen LogP contribution >= 0.6 is 15.9 Å². The maximum Gasteiger partial charge on any atom is 2.00 e. The molecule has 0 aliphatic rings. The van der Waals surface area contributed by atoms with Crippen LogP contribution in [0.4, 0.5) is 4.70 Å². The van der Waals surface area contributed by atoms with Gasteiger partial charge in [0, 0.05) is 4.47 Å². The van der Waals surface area contributed by atoms with Crippen LogP contribution in [0, 0.1) is 0 Å². The Morgan fingerprint density at radius 3 is 2.06 bits per heavy atom. The van der Waals surface area contributed by atoms with Gasteiger partial charge in [-0.1, -0.05) is 52.3 Å². The molecule has 84 valence electrons. The smallest absolute Gasteiger partial charge is 1.00 e. The van der Waals surface area contributed by atoms with Crippen LogP contribution in [0.25, 0.3) is 21.5 Å². The number of rotatable bonds is 0. The van der Waals surface area contributed by atoms with Crippen molar-refractivity contribution in [2.45, 2.75) is 0 Å². The molecule has 17 heavy (non-hydrogen) atoms. The zero-order valence-corrected chi connectivity index (χ0v) is 12.2. The second kappa shape index (κ2) is 5.80. The normalized spacial score (nSPS) is 9.71. The molecule has 0 radical (unpaired) electrons. The number of fused-ring (bicyclic) bond motifs is 2. The molecule has 0 nitrogen and oxygen atoms in total. The van der Waals surface area contributed by atoms with Gasteiger partial charge in [0.1, 0.15) is 0 Å². The van der Waals surface area contributed by atoms with Crippen LogP contribution < -0.4 is 0 Å². The van der Waals surface area contributed by atoms with E-state index in [-0.39, 0.29) is 30.6 Å². The average Bonchev–Trinajstić information content (AvgIpc) is 2.27. The van der Waals surface area contributed by atoms with Crippen molar-refractivity contribution in [3.63, 3.8) is 0 Å². The van der Waals surface area contributed by atoms with E-state index in [1.165, 1.54) is 21.5 Å². The van der Waals surface area contributed by atoms with Crippen molar-refractivity contribution >= 4 is 60.5 Å². The molecular formula is C14H12BrFMg. The summed E-state index contributed by atoms with van der Waals surface area (Å²) in [5.74, 6) is 0. The summed E-state index contributed by atoms with van der Waals surface area (Å²) in [6, 6.07) is 19.2. The molecule has 0 aliphatic heterocycles. The summed E-state index contributed by atoms with van der Waals surface area (Å²) in [7, 11) is 0. The van der Waals surface area contributed by atoms with Gasteiger partial charge in [0.05, 0.1) is 0 Å². The molecule has 0 saturated heterocycles. The molecule has 0 N–H and O–H groups in total. The number of halogens is 2. The van der Waals surface area contributed by atoms with Crippen molar-refractivity contribution in [3.05, 3.63) is 59.1 Å². The van der Waals surface area contributed by atoms with Crippen LogP contribution in [0.2, 0.25) is 0 Å². The van der Waals surface area contributed by atoms with Gasteiger partial charge in [0.2, 0.25) is 0 Å². The summed E-state index contributed by atoms with van der Waals surface area (Å²) in [4.78, 5) is 0. The fraction of sp³-hybridized carbons (Fsp3) is 0. The molecule has 0 aliphatic carbocycles. The van der Waals surface area contributed by atoms with E-state index >= 15 is 0 Å². The quantitative estimate of drug-likeness (QED) is 0.415. The molecule has 0 bridgehead atoms. The molecule has 3 aromatic carbocycles. The van der Waals surface area contributed by atoms with E-state index in [4.69, 9.17) is 0 Å². The molecule has 0 saturated carbocycles. The van der Waals surface area contributed by atoms with Gasteiger partial charge in [-0.25, -0.2) is 0 Å². The van der Waals surface area contributed by atoms with Crippen LogP contribution in [0.15, 0.2) is 59.1 Å². The van der Waals surface area contributed by atoms with Crippen LogP contribution in [-0.4, -0.2) is 23.1 Å². The summed E-state index contributed by atoms with van der Waals surface area (Å²) < 4.78 is 1.16. The second-order valence-electron chi connectivity index (χ2n) is 3.66. The van der Waals surface area contributed by atoms with Gasteiger partial charge in [0.25, 0.3) is 0 Å². The minimum absolute atomic E-state index is 0. The third-order valence-corrected chi connectivity index (χ3v) is 3.38. The maximum absolute atomic E-state index is 3.58. The van der Waals surface area contributed by atoms with Gasteiger partial charge in [-0.2, -0.15) is 0 Å². The van der Waals surface area contributed by atoms with E-state index in [1.807, 2.05) is 0 Å². The SMILES string of the molecule is Brc1cccc2cc3ccccc3cc12.F.[H-].[H-].[Mg+2]. The molecule has 0 heterocycles. The van der Waals surface area contributed by atoms with Crippen molar-refractivity contribution in [2.75, 3.05) is 0 Å². The zero-order chi connectivity index (χ0) is 10.3. The van der Waals surface area contributed by atoms with E-state index in [0.717, 1.165) is 4.47 Å². The third-order valence-electron chi connectivity index (χ3n) is 2.69. The first kappa shape index (κ1) is 14.4. The summed E-state index contributed by atoms with van der Waals surface area (Å²) in [6.07, 6.45) is 0. The Balaban J connectivity index is 0. The standard InChI is InChI=1S/C14H9Br.FH.Mg.2H/c15-14-7-3-6-12-8-10-4-1-2-5-11(10)9-13(12)14;;;;/h1-9H;1H;;;/q;;+2;2*-1. The molecule has 3 heteroatoms. The Hall–Kier alpha value is -0.644. The first-order valence-electron chi connectivity index (χ1n) is 4.92. The molecule has 0 amide bonds. The zero-order valence-electron chi connectivity index (χ0n) is 11.2. The van der Waals surface area contributed by atoms with E-state index in [2.05, 4.69) is 70.5 Å². The van der Waals surface area contributed by atoms with E-state index in [0.29, 0.717) is 0 Å². The van der Waals surface area contributed by atoms with E-state index < -0.39 is 0 Å². The number of hydrogen-bond acceptors (Lipinski definition) is 0. The van der Waals surface area contributed by atoms with Crippen LogP contribution in [0.3, 0.4) is 0 Å². The monoisotopic (exact) mass is 302 g/mol. The Morgan fingerprint density at radius 1 is 0.765 bits per heavy atom. The van der Waals surface area contributed by atoms with Gasteiger partial charge in [-0.15, -0.1) is 0 Å². The van der Waals surface area contributed by atoms with Crippen molar-refractivity contribution in [1.29, 1.82) is 0 Å². The van der Waals surface area contributed by atoms with Gasteiger partial charge < -0.3 is 2.85 Å². The average molecular weight is 303 g/mol. The minimum atomic E-state index is 0. The van der Waals surface area contributed by atoms with Crippen molar-refractivity contribution < 1.29 is 7.56 Å². The van der Waals surface area contributed by atoms with Crippen molar-refractivity contribution in [1.82, 2.24) is 0 Å². The predicted molar refractivity (Wildman–Crippen MR) is 79.6 cm³/mol. The van der Waals surface area contributed by atoms with Crippen molar-refractivity contribution in [3.8, 4) is 0 Å². The van der Waals surface area contributed by atoms with Gasteiger partial charge >= 0.3 is 23.1 Å². The molecule has 0 aromatic heterocycles. The van der Waals surface area contributed by atoms with Gasteiger partial charge in [-0.3, -0.25) is 4.70 Å². The summed E-state index contributed by atoms with van der Waals surface area (Å²) in [5.41, 5.74) is 0. The number of hydrogen-bond donors (Lipinski definition) is 0.